The number of morpholine rings is 1. The van der Waals surface area contributed by atoms with Gasteiger partial charge in [0.15, 0.2) is 10.9 Å². The first kappa shape index (κ1) is 21.8. The van der Waals surface area contributed by atoms with Gasteiger partial charge >= 0.3 is 5.69 Å². The number of hydrogen-bond acceptors (Lipinski definition) is 8. The molecule has 0 saturated carbocycles. The fourth-order valence-electron chi connectivity index (χ4n) is 2.62. The lowest BCUT2D eigenvalue weighted by atomic mass is 10.2. The highest BCUT2D eigenvalue weighted by atomic mass is 32.1. The minimum atomic E-state index is -0.518. The van der Waals surface area contributed by atoms with Gasteiger partial charge in [-0.2, -0.15) is 5.10 Å². The predicted molar refractivity (Wildman–Crippen MR) is 109 cm³/mol. The van der Waals surface area contributed by atoms with E-state index in [-0.39, 0.29) is 23.8 Å². The number of rotatable bonds is 9. The van der Waals surface area contributed by atoms with Crippen molar-refractivity contribution in [1.82, 2.24) is 15.6 Å². The minimum absolute atomic E-state index is 0.0976. The highest BCUT2D eigenvalue weighted by Crippen LogP contribution is 2.37. The summed E-state index contributed by atoms with van der Waals surface area (Å²) in [6.07, 6.45) is 1.43. The van der Waals surface area contributed by atoms with Crippen molar-refractivity contribution in [1.29, 1.82) is 0 Å². The van der Waals surface area contributed by atoms with Crippen LogP contribution < -0.4 is 20.2 Å². The highest BCUT2D eigenvalue weighted by molar-refractivity contribution is 7.80. The topological polar surface area (TPSA) is 110 Å². The Balaban J connectivity index is 1.90. The summed E-state index contributed by atoms with van der Waals surface area (Å²) in [5.41, 5.74) is 3.00. The number of nitro benzene ring substituents is 1. The fraction of sp³-hybridized carbons (Fsp3) is 0.529. The first-order valence-electron chi connectivity index (χ1n) is 8.91. The molecule has 2 rings (SSSR count). The van der Waals surface area contributed by atoms with Crippen molar-refractivity contribution in [2.24, 2.45) is 5.10 Å². The number of nitrogens with zero attached hydrogens (tertiary/aromatic N) is 3. The van der Waals surface area contributed by atoms with Gasteiger partial charge in [0.25, 0.3) is 0 Å². The summed E-state index contributed by atoms with van der Waals surface area (Å²) in [5.74, 6) is 0.365. The normalized spacial score (nSPS) is 14.6. The van der Waals surface area contributed by atoms with Crippen LogP contribution in [-0.4, -0.2) is 74.3 Å². The Morgan fingerprint density at radius 3 is 2.86 bits per heavy atom. The molecule has 1 aliphatic rings. The number of nitro groups is 1. The molecule has 10 nitrogen and oxygen atoms in total. The second-order valence-corrected chi connectivity index (χ2v) is 6.25. The zero-order valence-corrected chi connectivity index (χ0v) is 16.8. The van der Waals surface area contributed by atoms with Crippen molar-refractivity contribution in [3.8, 4) is 11.5 Å². The lowest BCUT2D eigenvalue weighted by Crippen LogP contribution is -2.42. The van der Waals surface area contributed by atoms with Gasteiger partial charge in [0.05, 0.1) is 38.1 Å². The molecule has 0 aliphatic carbocycles. The third kappa shape index (κ3) is 6.59. The molecule has 1 aromatic rings. The van der Waals surface area contributed by atoms with Crippen molar-refractivity contribution in [2.75, 3.05) is 53.1 Å². The van der Waals surface area contributed by atoms with E-state index in [1.165, 1.54) is 19.4 Å². The molecule has 0 bridgehead atoms. The van der Waals surface area contributed by atoms with Crippen molar-refractivity contribution >= 4 is 29.2 Å². The second-order valence-electron chi connectivity index (χ2n) is 5.84. The number of methoxy groups -OCH3 is 1. The maximum Gasteiger partial charge on any atom is 0.315 e. The van der Waals surface area contributed by atoms with E-state index >= 15 is 0 Å². The molecule has 1 fully saturated rings. The Hall–Kier alpha value is -2.50. The van der Waals surface area contributed by atoms with Crippen LogP contribution in [0.3, 0.4) is 0 Å². The van der Waals surface area contributed by atoms with Gasteiger partial charge in [-0.15, -0.1) is 0 Å². The molecule has 0 unspecified atom stereocenters. The summed E-state index contributed by atoms with van der Waals surface area (Å²) in [4.78, 5) is 13.1. The highest BCUT2D eigenvalue weighted by Gasteiger charge is 2.21. The van der Waals surface area contributed by atoms with Crippen molar-refractivity contribution in [3.63, 3.8) is 0 Å². The van der Waals surface area contributed by atoms with E-state index in [0.29, 0.717) is 17.2 Å². The molecule has 11 heteroatoms. The number of hydrazone groups is 1. The van der Waals surface area contributed by atoms with Gasteiger partial charge in [-0.1, -0.05) is 0 Å². The van der Waals surface area contributed by atoms with Crippen LogP contribution in [0.1, 0.15) is 12.5 Å². The van der Waals surface area contributed by atoms with Gasteiger partial charge in [-0.05, 0) is 25.2 Å². The van der Waals surface area contributed by atoms with Crippen LogP contribution in [0.5, 0.6) is 11.5 Å². The summed E-state index contributed by atoms with van der Waals surface area (Å²) in [6.45, 7) is 6.92. The molecule has 0 spiro atoms. The van der Waals surface area contributed by atoms with E-state index in [1.54, 1.807) is 13.0 Å². The summed E-state index contributed by atoms with van der Waals surface area (Å²) < 4.78 is 15.9. The van der Waals surface area contributed by atoms with E-state index in [9.17, 15) is 10.1 Å². The van der Waals surface area contributed by atoms with Crippen LogP contribution in [0.25, 0.3) is 0 Å². The minimum Gasteiger partial charge on any atom is -0.493 e. The van der Waals surface area contributed by atoms with Gasteiger partial charge in [-0.25, -0.2) is 0 Å². The van der Waals surface area contributed by atoms with Gasteiger partial charge in [0.1, 0.15) is 0 Å². The van der Waals surface area contributed by atoms with E-state index in [1.807, 2.05) is 0 Å². The molecule has 0 amide bonds. The second kappa shape index (κ2) is 11.4. The van der Waals surface area contributed by atoms with Crippen LogP contribution in [0.15, 0.2) is 17.2 Å². The fourth-order valence-corrected chi connectivity index (χ4v) is 2.77. The van der Waals surface area contributed by atoms with Crippen LogP contribution in [0.2, 0.25) is 0 Å². The number of nitrogens with one attached hydrogen (secondary N) is 2. The lowest BCUT2D eigenvalue weighted by Gasteiger charge is -2.26. The molecule has 0 radical (unpaired) electrons. The lowest BCUT2D eigenvalue weighted by molar-refractivity contribution is -0.385. The van der Waals surface area contributed by atoms with Crippen molar-refractivity contribution < 1.29 is 19.1 Å². The smallest absolute Gasteiger partial charge is 0.315 e. The Kier molecular flexibility index (Phi) is 8.85. The van der Waals surface area contributed by atoms with Gasteiger partial charge < -0.3 is 19.5 Å². The summed E-state index contributed by atoms with van der Waals surface area (Å²) in [7, 11) is 1.42. The molecule has 1 aromatic carbocycles. The Morgan fingerprint density at radius 2 is 2.21 bits per heavy atom. The molecule has 2 N–H and O–H groups in total. The molecule has 1 heterocycles. The SMILES string of the molecule is CCOc1c(OC)cc(/C=N/NC(=S)NCCN2CCOCC2)cc1[N+](=O)[O-]. The van der Waals surface area contributed by atoms with Crippen molar-refractivity contribution in [3.05, 3.63) is 27.8 Å². The van der Waals surface area contributed by atoms with Crippen LogP contribution in [0, 0.1) is 10.1 Å². The van der Waals surface area contributed by atoms with E-state index in [4.69, 9.17) is 26.4 Å². The molecular weight excluding hydrogens is 386 g/mol. The average molecular weight is 411 g/mol. The maximum atomic E-state index is 11.3. The zero-order chi connectivity index (χ0) is 20.4. The Labute approximate surface area is 169 Å². The van der Waals surface area contributed by atoms with Crippen LogP contribution >= 0.6 is 12.2 Å². The van der Waals surface area contributed by atoms with Gasteiger partial charge in [0.2, 0.25) is 5.75 Å². The predicted octanol–water partition coefficient (Wildman–Crippen LogP) is 1.13. The first-order valence-corrected chi connectivity index (χ1v) is 9.32. The monoisotopic (exact) mass is 411 g/mol. The average Bonchev–Trinajstić information content (AvgIpc) is 2.69. The molecular formula is C17H25N5O5S. The number of thiocarbonyl (C=S) groups is 1. The van der Waals surface area contributed by atoms with Crippen LogP contribution in [0.4, 0.5) is 5.69 Å². The summed E-state index contributed by atoms with van der Waals surface area (Å²) in [5, 5.41) is 18.8. The van der Waals surface area contributed by atoms with Gasteiger partial charge in [0, 0.05) is 37.8 Å². The number of benzene rings is 1. The molecule has 0 atom stereocenters. The molecule has 28 heavy (non-hydrogen) atoms. The quantitative estimate of drug-likeness (QED) is 0.267. The van der Waals surface area contributed by atoms with E-state index in [2.05, 4.69) is 20.7 Å². The largest absolute Gasteiger partial charge is 0.493 e. The third-order valence-electron chi connectivity index (χ3n) is 3.96. The molecule has 1 aliphatic heterocycles. The first-order chi connectivity index (χ1) is 13.5. The Bertz CT molecular complexity index is 709. The van der Waals surface area contributed by atoms with Crippen molar-refractivity contribution in [2.45, 2.75) is 6.92 Å². The zero-order valence-electron chi connectivity index (χ0n) is 16.0. The number of ether oxygens (including phenoxy) is 3. The molecule has 1 saturated heterocycles. The molecule has 154 valence electrons. The number of hydrogen-bond donors (Lipinski definition) is 2. The van der Waals surface area contributed by atoms with E-state index < -0.39 is 4.92 Å². The standard InChI is InChI=1S/C17H25N5O5S/c1-3-27-16-14(22(23)24)10-13(11-15(16)25-2)12-19-20-17(28)18-4-5-21-6-8-26-9-7-21/h10-12H,3-9H2,1-2H3,(H2,18,20,28)/b19-12+. The summed E-state index contributed by atoms with van der Waals surface area (Å²) >= 11 is 5.18. The molecule has 0 aromatic heterocycles. The van der Waals surface area contributed by atoms with E-state index in [0.717, 1.165) is 32.8 Å². The van der Waals surface area contributed by atoms with Crippen LogP contribution in [-0.2, 0) is 4.74 Å². The maximum absolute atomic E-state index is 11.3. The van der Waals surface area contributed by atoms with Gasteiger partial charge in [-0.3, -0.25) is 20.4 Å². The third-order valence-corrected chi connectivity index (χ3v) is 4.20. The Morgan fingerprint density at radius 1 is 1.46 bits per heavy atom. The summed E-state index contributed by atoms with van der Waals surface area (Å²) in [6, 6.07) is 2.98.